The Hall–Kier alpha value is -2.12. The van der Waals surface area contributed by atoms with E-state index < -0.39 is 5.97 Å². The Bertz CT molecular complexity index is 919. The van der Waals surface area contributed by atoms with Gasteiger partial charge in [0.1, 0.15) is 10.8 Å². The molecule has 1 amide bonds. The van der Waals surface area contributed by atoms with E-state index in [4.69, 9.17) is 9.47 Å². The zero-order valence-corrected chi connectivity index (χ0v) is 18.2. The van der Waals surface area contributed by atoms with Crippen LogP contribution in [0.3, 0.4) is 0 Å². The minimum atomic E-state index is -0.399. The van der Waals surface area contributed by atoms with E-state index in [1.54, 1.807) is 6.08 Å². The number of esters is 1. The summed E-state index contributed by atoms with van der Waals surface area (Å²) in [5, 5.41) is 3.42. The molecule has 1 aliphatic rings. The fourth-order valence-electron chi connectivity index (χ4n) is 3.23. The maximum Gasteiger partial charge on any atom is 0.341 e. The molecular formula is C21H22BrNO4S. The van der Waals surface area contributed by atoms with Crippen molar-refractivity contribution in [2.75, 3.05) is 19.0 Å². The largest absolute Gasteiger partial charge is 0.493 e. The number of anilines is 1. The number of methoxy groups -OCH3 is 1. The normalized spacial score (nSPS) is 13.2. The number of rotatable bonds is 6. The lowest BCUT2D eigenvalue weighted by Gasteiger charge is -2.11. The summed E-state index contributed by atoms with van der Waals surface area (Å²) < 4.78 is 11.4. The lowest BCUT2D eigenvalue weighted by Crippen LogP contribution is -2.13. The highest BCUT2D eigenvalue weighted by atomic mass is 79.9. The second kappa shape index (κ2) is 9.39. The molecule has 5 nitrogen and oxygen atoms in total. The summed E-state index contributed by atoms with van der Waals surface area (Å²) in [6, 6.07) is 5.63. The Morgan fingerprint density at radius 1 is 1.29 bits per heavy atom. The molecule has 0 bridgehead atoms. The number of carbonyl (C=O) groups excluding carboxylic acids is 2. The third-order valence-corrected chi connectivity index (χ3v) is 6.18. The average molecular weight is 464 g/mol. The van der Waals surface area contributed by atoms with Crippen LogP contribution in [0.5, 0.6) is 5.75 Å². The van der Waals surface area contributed by atoms with Crippen LogP contribution in [-0.2, 0) is 22.4 Å². The number of carbonyl (C=O) groups is 2. The van der Waals surface area contributed by atoms with Gasteiger partial charge in [-0.2, -0.15) is 0 Å². The van der Waals surface area contributed by atoms with Crippen molar-refractivity contribution in [3.63, 3.8) is 0 Å². The summed E-state index contributed by atoms with van der Waals surface area (Å²) in [7, 11) is 1.36. The maximum atomic E-state index is 12.5. The van der Waals surface area contributed by atoms with Crippen molar-refractivity contribution in [2.45, 2.75) is 32.6 Å². The highest BCUT2D eigenvalue weighted by Crippen LogP contribution is 2.38. The molecule has 0 aliphatic heterocycles. The summed E-state index contributed by atoms with van der Waals surface area (Å²) >= 11 is 4.90. The van der Waals surface area contributed by atoms with Gasteiger partial charge in [0.2, 0.25) is 5.91 Å². The number of thiophene rings is 1. The first kappa shape index (κ1) is 20.6. The number of aryl methyl sites for hydroxylation is 1. The fourth-order valence-corrected chi connectivity index (χ4v) is 4.89. The number of halogens is 1. The van der Waals surface area contributed by atoms with E-state index in [0.29, 0.717) is 22.9 Å². The topological polar surface area (TPSA) is 64.6 Å². The van der Waals surface area contributed by atoms with Crippen molar-refractivity contribution in [1.29, 1.82) is 0 Å². The predicted molar refractivity (Wildman–Crippen MR) is 115 cm³/mol. The first-order chi connectivity index (χ1) is 13.5. The summed E-state index contributed by atoms with van der Waals surface area (Å²) in [6.45, 7) is 2.45. The molecule has 0 unspecified atom stereocenters. The first-order valence-electron chi connectivity index (χ1n) is 9.17. The summed E-state index contributed by atoms with van der Waals surface area (Å²) in [5.74, 6) is 0.00654. The molecule has 3 rings (SSSR count). The van der Waals surface area contributed by atoms with Gasteiger partial charge in [0.15, 0.2) is 0 Å². The fraction of sp³-hybridized carbons (Fsp3) is 0.333. The van der Waals surface area contributed by atoms with E-state index in [9.17, 15) is 9.59 Å². The maximum absolute atomic E-state index is 12.5. The third-order valence-electron chi connectivity index (χ3n) is 4.48. The molecule has 0 saturated heterocycles. The van der Waals surface area contributed by atoms with Crippen molar-refractivity contribution >= 4 is 50.2 Å². The van der Waals surface area contributed by atoms with Crippen molar-refractivity contribution in [3.8, 4) is 5.75 Å². The predicted octanol–water partition coefficient (Wildman–Crippen LogP) is 5.23. The molecule has 0 radical (unpaired) electrons. The molecule has 28 heavy (non-hydrogen) atoms. The molecule has 2 aromatic rings. The van der Waals surface area contributed by atoms with Crippen LogP contribution in [-0.4, -0.2) is 25.6 Å². The van der Waals surface area contributed by atoms with Crippen molar-refractivity contribution < 1.29 is 19.1 Å². The Morgan fingerprint density at radius 2 is 2.07 bits per heavy atom. The monoisotopic (exact) mass is 463 g/mol. The van der Waals surface area contributed by atoms with Gasteiger partial charge >= 0.3 is 5.97 Å². The third kappa shape index (κ3) is 4.64. The Morgan fingerprint density at radius 3 is 2.82 bits per heavy atom. The molecule has 0 saturated carbocycles. The Balaban J connectivity index is 1.82. The standard InChI is InChI=1S/C21H22BrNO4S/c1-3-27-16-10-9-14(22)12-13(16)8-11-18(24)23-20-19(21(25)26-2)15-6-4-5-7-17(15)28-20/h8-12H,3-7H2,1-2H3,(H,23,24)/b11-8+. The quantitative estimate of drug-likeness (QED) is 0.470. The molecule has 0 atom stereocenters. The second-order valence-electron chi connectivity index (χ2n) is 6.34. The smallest absolute Gasteiger partial charge is 0.341 e. The second-order valence-corrected chi connectivity index (χ2v) is 8.37. The number of fused-ring (bicyclic) bond motifs is 1. The molecular weight excluding hydrogens is 442 g/mol. The summed E-state index contributed by atoms with van der Waals surface area (Å²) in [5.41, 5.74) is 2.32. The van der Waals surface area contributed by atoms with Crippen LogP contribution in [0.2, 0.25) is 0 Å². The molecule has 1 aromatic carbocycles. The molecule has 1 heterocycles. The van der Waals surface area contributed by atoms with E-state index in [0.717, 1.165) is 46.2 Å². The van der Waals surface area contributed by atoms with Gasteiger partial charge in [-0.3, -0.25) is 4.79 Å². The molecule has 148 valence electrons. The van der Waals surface area contributed by atoms with E-state index in [1.165, 1.54) is 24.5 Å². The number of benzene rings is 1. The van der Waals surface area contributed by atoms with Crippen LogP contribution in [0.1, 0.15) is 46.1 Å². The van der Waals surface area contributed by atoms with Crippen LogP contribution in [0, 0.1) is 0 Å². The van der Waals surface area contributed by atoms with Gasteiger partial charge in [0.25, 0.3) is 0 Å². The first-order valence-corrected chi connectivity index (χ1v) is 10.8. The highest BCUT2D eigenvalue weighted by molar-refractivity contribution is 9.10. The molecule has 7 heteroatoms. The molecule has 1 N–H and O–H groups in total. The van der Waals surface area contributed by atoms with Gasteiger partial charge in [0.05, 0.1) is 19.3 Å². The lowest BCUT2D eigenvalue weighted by atomic mass is 9.95. The Labute approximate surface area is 176 Å². The van der Waals surface area contributed by atoms with Gasteiger partial charge < -0.3 is 14.8 Å². The van der Waals surface area contributed by atoms with Crippen molar-refractivity contribution in [1.82, 2.24) is 0 Å². The van der Waals surface area contributed by atoms with Crippen molar-refractivity contribution in [2.24, 2.45) is 0 Å². The zero-order valence-electron chi connectivity index (χ0n) is 15.8. The van der Waals surface area contributed by atoms with E-state index >= 15 is 0 Å². The van der Waals surface area contributed by atoms with E-state index in [-0.39, 0.29) is 5.91 Å². The van der Waals surface area contributed by atoms with Crippen LogP contribution in [0.25, 0.3) is 6.08 Å². The van der Waals surface area contributed by atoms with Crippen LogP contribution in [0.15, 0.2) is 28.7 Å². The van der Waals surface area contributed by atoms with Crippen LogP contribution >= 0.6 is 27.3 Å². The minimum Gasteiger partial charge on any atom is -0.493 e. The van der Waals surface area contributed by atoms with Gasteiger partial charge in [-0.15, -0.1) is 11.3 Å². The Kier molecular flexibility index (Phi) is 6.91. The summed E-state index contributed by atoms with van der Waals surface area (Å²) in [4.78, 5) is 26.0. The number of nitrogens with one attached hydrogen (secondary N) is 1. The SMILES string of the molecule is CCOc1ccc(Br)cc1/C=C/C(=O)Nc1sc2c(c1C(=O)OC)CCCC2. The minimum absolute atomic E-state index is 0.300. The van der Waals surface area contributed by atoms with Crippen molar-refractivity contribution in [3.05, 3.63) is 50.3 Å². The molecule has 1 aliphatic carbocycles. The molecule has 1 aromatic heterocycles. The highest BCUT2D eigenvalue weighted by Gasteiger charge is 2.26. The van der Waals surface area contributed by atoms with E-state index in [2.05, 4.69) is 21.2 Å². The van der Waals surface area contributed by atoms with Gasteiger partial charge in [-0.25, -0.2) is 4.79 Å². The van der Waals surface area contributed by atoms with Crippen LogP contribution < -0.4 is 10.1 Å². The number of ether oxygens (including phenoxy) is 2. The average Bonchev–Trinajstić information content (AvgIpc) is 3.05. The van der Waals surface area contributed by atoms with Gasteiger partial charge in [0, 0.05) is 21.0 Å². The number of hydrogen-bond acceptors (Lipinski definition) is 5. The molecule has 0 fully saturated rings. The van der Waals surface area contributed by atoms with E-state index in [1.807, 2.05) is 25.1 Å². The number of amides is 1. The van der Waals surface area contributed by atoms with Gasteiger partial charge in [-0.1, -0.05) is 15.9 Å². The van der Waals surface area contributed by atoms with Gasteiger partial charge in [-0.05, 0) is 62.4 Å². The lowest BCUT2D eigenvalue weighted by molar-refractivity contribution is -0.111. The molecule has 0 spiro atoms. The van der Waals surface area contributed by atoms with Crippen LogP contribution in [0.4, 0.5) is 5.00 Å². The zero-order chi connectivity index (χ0) is 20.1. The number of hydrogen-bond donors (Lipinski definition) is 1. The summed E-state index contributed by atoms with van der Waals surface area (Å²) in [6.07, 6.45) is 7.08.